The van der Waals surface area contributed by atoms with Gasteiger partial charge in [0.2, 0.25) is 0 Å². The van der Waals surface area contributed by atoms with E-state index in [9.17, 15) is 0 Å². The predicted molar refractivity (Wildman–Crippen MR) is 149 cm³/mol. The average molecular weight is 458 g/mol. The van der Waals surface area contributed by atoms with E-state index in [1.807, 2.05) is 13.1 Å². The molecule has 34 heavy (non-hydrogen) atoms. The molecule has 2 N–H and O–H groups in total. The van der Waals surface area contributed by atoms with E-state index in [1.165, 1.54) is 44.3 Å². The van der Waals surface area contributed by atoms with Crippen molar-refractivity contribution in [1.29, 1.82) is 0 Å². The van der Waals surface area contributed by atoms with Crippen LogP contribution in [0.3, 0.4) is 0 Å². The van der Waals surface area contributed by atoms with Crippen LogP contribution in [0.25, 0.3) is 16.6 Å². The number of rotatable bonds is 10. The van der Waals surface area contributed by atoms with E-state index in [0.29, 0.717) is 6.04 Å². The van der Waals surface area contributed by atoms with Crippen molar-refractivity contribution in [2.45, 2.75) is 72.8 Å². The van der Waals surface area contributed by atoms with Gasteiger partial charge in [-0.25, -0.2) is 4.98 Å². The van der Waals surface area contributed by atoms with E-state index in [2.05, 4.69) is 83.7 Å². The van der Waals surface area contributed by atoms with Crippen molar-refractivity contribution in [2.24, 2.45) is 5.92 Å². The highest BCUT2D eigenvalue weighted by Crippen LogP contribution is 2.41. The summed E-state index contributed by atoms with van der Waals surface area (Å²) in [5.74, 6) is 0.281. The van der Waals surface area contributed by atoms with Gasteiger partial charge >= 0.3 is 0 Å². The zero-order valence-electron chi connectivity index (χ0n) is 22.4. The fourth-order valence-electron chi connectivity index (χ4n) is 5.61. The monoisotopic (exact) mass is 457 g/mol. The molecule has 0 saturated carbocycles. The summed E-state index contributed by atoms with van der Waals surface area (Å²) in [4.78, 5) is 5.28. The number of hydrogen-bond donors (Lipinski definition) is 2. The SMILES string of the molecule is C=C/C(CCC)=C(\C=C(/NC)c1nc2cc(C)c(C)c3c2c(c1C)C(NC)CC3)C(C=C)CC. The summed E-state index contributed by atoms with van der Waals surface area (Å²) in [5, 5.41) is 8.44. The Labute approximate surface area is 207 Å². The first kappa shape index (κ1) is 26.0. The summed E-state index contributed by atoms with van der Waals surface area (Å²) in [6, 6.07) is 2.61. The van der Waals surface area contributed by atoms with Crippen molar-refractivity contribution in [2.75, 3.05) is 14.1 Å². The smallest absolute Gasteiger partial charge is 0.0901 e. The number of allylic oxidation sites excluding steroid dienone is 5. The van der Waals surface area contributed by atoms with Crippen LogP contribution in [0.4, 0.5) is 0 Å². The molecular weight excluding hydrogens is 414 g/mol. The van der Waals surface area contributed by atoms with Crippen molar-refractivity contribution in [3.8, 4) is 0 Å². The molecule has 0 aliphatic heterocycles. The number of aromatic nitrogens is 1. The van der Waals surface area contributed by atoms with Gasteiger partial charge in [-0.05, 0) is 105 Å². The molecule has 0 bridgehead atoms. The summed E-state index contributed by atoms with van der Waals surface area (Å²) in [7, 11) is 4.08. The van der Waals surface area contributed by atoms with Gasteiger partial charge in [-0.2, -0.15) is 0 Å². The topological polar surface area (TPSA) is 37.0 Å². The van der Waals surface area contributed by atoms with Gasteiger partial charge in [0.1, 0.15) is 0 Å². The highest BCUT2D eigenvalue weighted by atomic mass is 14.9. The van der Waals surface area contributed by atoms with Crippen LogP contribution >= 0.6 is 0 Å². The Hall–Kier alpha value is -2.65. The molecule has 3 rings (SSSR count). The van der Waals surface area contributed by atoms with E-state index in [-0.39, 0.29) is 5.92 Å². The largest absolute Gasteiger partial charge is 0.386 e. The van der Waals surface area contributed by atoms with Gasteiger partial charge in [0.25, 0.3) is 0 Å². The van der Waals surface area contributed by atoms with Crippen molar-refractivity contribution < 1.29 is 0 Å². The van der Waals surface area contributed by atoms with Crippen molar-refractivity contribution in [1.82, 2.24) is 15.6 Å². The van der Waals surface area contributed by atoms with Crippen LogP contribution in [-0.2, 0) is 6.42 Å². The van der Waals surface area contributed by atoms with Crippen LogP contribution in [0, 0.1) is 26.7 Å². The Balaban J connectivity index is 2.36. The number of nitrogens with zero attached hydrogens (tertiary/aromatic N) is 1. The summed E-state index contributed by atoms with van der Waals surface area (Å²) in [6.07, 6.45) is 11.7. The fraction of sp³-hybridized carbons (Fsp3) is 0.452. The highest BCUT2D eigenvalue weighted by Gasteiger charge is 2.27. The first-order valence-corrected chi connectivity index (χ1v) is 12.8. The van der Waals surface area contributed by atoms with E-state index < -0.39 is 0 Å². The van der Waals surface area contributed by atoms with Crippen molar-refractivity contribution in [3.05, 3.63) is 82.1 Å². The van der Waals surface area contributed by atoms with Crippen molar-refractivity contribution in [3.63, 3.8) is 0 Å². The molecule has 1 aromatic carbocycles. The lowest BCUT2D eigenvalue weighted by atomic mass is 9.80. The third-order valence-electron chi connectivity index (χ3n) is 7.68. The third-order valence-corrected chi connectivity index (χ3v) is 7.68. The third kappa shape index (κ3) is 4.63. The van der Waals surface area contributed by atoms with Crippen LogP contribution in [0.1, 0.15) is 79.1 Å². The molecule has 1 aliphatic rings. The molecule has 1 heterocycles. The normalized spacial score (nSPS) is 17.4. The number of hydrogen-bond acceptors (Lipinski definition) is 3. The van der Waals surface area contributed by atoms with Crippen LogP contribution in [0.2, 0.25) is 0 Å². The quantitative estimate of drug-likeness (QED) is 0.288. The Kier molecular flexibility index (Phi) is 8.54. The molecule has 2 aromatic rings. The number of pyridine rings is 1. The summed E-state index contributed by atoms with van der Waals surface area (Å²) < 4.78 is 0. The van der Waals surface area contributed by atoms with Crippen LogP contribution in [0.5, 0.6) is 0 Å². The Morgan fingerprint density at radius 2 is 1.91 bits per heavy atom. The minimum atomic E-state index is 0.281. The van der Waals surface area contributed by atoms with Gasteiger partial charge in [0, 0.05) is 24.4 Å². The molecule has 0 radical (unpaired) electrons. The Morgan fingerprint density at radius 1 is 1.18 bits per heavy atom. The van der Waals surface area contributed by atoms with E-state index in [0.717, 1.165) is 49.0 Å². The zero-order chi connectivity index (χ0) is 25.0. The Bertz CT molecular complexity index is 1150. The first-order chi connectivity index (χ1) is 16.4. The minimum Gasteiger partial charge on any atom is -0.386 e. The van der Waals surface area contributed by atoms with Gasteiger partial charge in [-0.1, -0.05) is 39.0 Å². The van der Waals surface area contributed by atoms with E-state index >= 15 is 0 Å². The van der Waals surface area contributed by atoms with Crippen LogP contribution in [0.15, 0.2) is 48.6 Å². The first-order valence-electron chi connectivity index (χ1n) is 12.8. The molecule has 2 unspecified atom stereocenters. The maximum Gasteiger partial charge on any atom is 0.0901 e. The predicted octanol–water partition coefficient (Wildman–Crippen LogP) is 7.42. The number of nitrogens with one attached hydrogen (secondary N) is 2. The maximum absolute atomic E-state index is 5.28. The lowest BCUT2D eigenvalue weighted by Gasteiger charge is -2.30. The number of aryl methyl sites for hydroxylation is 2. The molecular formula is C31H43N3. The number of benzene rings is 1. The lowest BCUT2D eigenvalue weighted by Crippen LogP contribution is -2.24. The standard InChI is InChI=1S/C31H43N3/c1-10-14-23(13-4)25(22(11-2)12-3)18-28(33-9)31-21(7)29-26(32-8)16-15-24-20(6)19(5)17-27(34-31)30(24)29/h11,13,17-18,22,26,32-33H,2,4,10,12,14-16H2,1,3,5-9H3/b25-23-,28-18-. The van der Waals surface area contributed by atoms with Crippen LogP contribution < -0.4 is 10.6 Å². The lowest BCUT2D eigenvalue weighted by molar-refractivity contribution is 0.539. The van der Waals surface area contributed by atoms with Gasteiger partial charge in [0.05, 0.1) is 16.9 Å². The molecule has 2 atom stereocenters. The van der Waals surface area contributed by atoms with Gasteiger partial charge in [-0.15, -0.1) is 6.58 Å². The Morgan fingerprint density at radius 3 is 2.47 bits per heavy atom. The van der Waals surface area contributed by atoms with E-state index in [4.69, 9.17) is 4.98 Å². The second-order valence-electron chi connectivity index (χ2n) is 9.56. The van der Waals surface area contributed by atoms with Crippen LogP contribution in [-0.4, -0.2) is 19.1 Å². The zero-order valence-corrected chi connectivity index (χ0v) is 22.4. The fourth-order valence-corrected chi connectivity index (χ4v) is 5.61. The molecule has 182 valence electrons. The molecule has 3 heteroatoms. The molecule has 0 amide bonds. The molecule has 0 saturated heterocycles. The second kappa shape index (κ2) is 11.2. The summed E-state index contributed by atoms with van der Waals surface area (Å²) >= 11 is 0. The average Bonchev–Trinajstić information content (AvgIpc) is 2.85. The highest BCUT2D eigenvalue weighted by molar-refractivity contribution is 5.92. The second-order valence-corrected chi connectivity index (χ2v) is 9.56. The minimum absolute atomic E-state index is 0.281. The summed E-state index contributed by atoms with van der Waals surface area (Å²) in [6.45, 7) is 19.4. The van der Waals surface area contributed by atoms with Gasteiger partial charge in [0.15, 0.2) is 0 Å². The maximum atomic E-state index is 5.28. The summed E-state index contributed by atoms with van der Waals surface area (Å²) in [5.41, 5.74) is 12.7. The van der Waals surface area contributed by atoms with Gasteiger partial charge in [-0.3, -0.25) is 0 Å². The van der Waals surface area contributed by atoms with Crippen molar-refractivity contribution >= 4 is 16.6 Å². The van der Waals surface area contributed by atoms with E-state index in [1.54, 1.807) is 0 Å². The molecule has 0 spiro atoms. The molecule has 0 fully saturated rings. The van der Waals surface area contributed by atoms with Gasteiger partial charge < -0.3 is 10.6 Å². The molecule has 1 aromatic heterocycles. The molecule has 3 nitrogen and oxygen atoms in total. The molecule has 1 aliphatic carbocycles.